The minimum atomic E-state index is -4.44. The fourth-order valence-corrected chi connectivity index (χ4v) is 1.35. The van der Waals surface area contributed by atoms with Crippen LogP contribution >= 0.6 is 15.9 Å². The van der Waals surface area contributed by atoms with Crippen molar-refractivity contribution in [2.75, 3.05) is 5.32 Å². The number of carbonyl (C=O) groups excluding carboxylic acids is 2. The summed E-state index contributed by atoms with van der Waals surface area (Å²) >= 11 is 2.87. The molecule has 0 radical (unpaired) electrons. The highest BCUT2D eigenvalue weighted by molar-refractivity contribution is 9.12. The molecule has 0 aliphatic carbocycles. The van der Waals surface area contributed by atoms with Crippen LogP contribution in [0.25, 0.3) is 0 Å². The number of benzene rings is 1. The number of alkyl halides is 3. The van der Waals surface area contributed by atoms with Gasteiger partial charge in [0.1, 0.15) is 0 Å². The zero-order valence-electron chi connectivity index (χ0n) is 9.29. The van der Waals surface area contributed by atoms with E-state index in [2.05, 4.69) is 21.2 Å². The Labute approximate surface area is 114 Å². The van der Waals surface area contributed by atoms with E-state index in [-0.39, 0.29) is 16.6 Å². The first-order valence-electron chi connectivity index (χ1n) is 4.88. The average Bonchev–Trinajstić information content (AvgIpc) is 2.35. The molecule has 0 saturated heterocycles. The molecule has 2 amide bonds. The van der Waals surface area contributed by atoms with E-state index in [0.717, 1.165) is 18.3 Å². The van der Waals surface area contributed by atoms with Crippen molar-refractivity contribution in [1.82, 2.24) is 5.32 Å². The van der Waals surface area contributed by atoms with Gasteiger partial charge in [0, 0.05) is 11.9 Å². The van der Waals surface area contributed by atoms with Crippen molar-refractivity contribution < 1.29 is 22.8 Å². The largest absolute Gasteiger partial charge is 0.416 e. The summed E-state index contributed by atoms with van der Waals surface area (Å²) in [5.41, 5.74) is -0.648. The van der Waals surface area contributed by atoms with Gasteiger partial charge in [-0.15, -0.1) is 0 Å². The van der Waals surface area contributed by atoms with Crippen molar-refractivity contribution in [3.05, 3.63) is 40.5 Å². The first-order chi connectivity index (χ1) is 8.84. The van der Waals surface area contributed by atoms with Crippen LogP contribution < -0.4 is 10.6 Å². The predicted molar refractivity (Wildman–Crippen MR) is 66.3 cm³/mol. The SMILES string of the molecule is O=CNC(=O)/C(Br)=C\Nc1cccc(C(F)(F)F)c1. The van der Waals surface area contributed by atoms with Gasteiger partial charge in [0.05, 0.1) is 10.0 Å². The number of amides is 2. The minimum Gasteiger partial charge on any atom is -0.360 e. The molecule has 0 aliphatic heterocycles. The summed E-state index contributed by atoms with van der Waals surface area (Å²) in [5.74, 6) is -0.713. The second-order valence-electron chi connectivity index (χ2n) is 3.31. The Morgan fingerprint density at radius 1 is 1.32 bits per heavy atom. The van der Waals surface area contributed by atoms with E-state index in [1.165, 1.54) is 12.1 Å². The summed E-state index contributed by atoms with van der Waals surface area (Å²) in [7, 11) is 0. The molecule has 1 aromatic rings. The number of hydrogen-bond donors (Lipinski definition) is 2. The second kappa shape index (κ2) is 6.37. The number of imide groups is 1. The van der Waals surface area contributed by atoms with E-state index in [0.29, 0.717) is 0 Å². The van der Waals surface area contributed by atoms with Gasteiger partial charge in [0.25, 0.3) is 5.91 Å². The normalized spacial score (nSPS) is 11.9. The Balaban J connectivity index is 2.81. The maximum atomic E-state index is 12.4. The number of hydrogen-bond acceptors (Lipinski definition) is 3. The molecule has 102 valence electrons. The molecule has 1 rings (SSSR count). The van der Waals surface area contributed by atoms with E-state index in [1.54, 1.807) is 0 Å². The molecule has 0 aromatic heterocycles. The van der Waals surface area contributed by atoms with Crippen molar-refractivity contribution in [2.24, 2.45) is 0 Å². The third kappa shape index (κ3) is 4.74. The van der Waals surface area contributed by atoms with E-state index in [4.69, 9.17) is 0 Å². The van der Waals surface area contributed by atoms with E-state index < -0.39 is 17.6 Å². The molecule has 2 N–H and O–H groups in total. The first-order valence-corrected chi connectivity index (χ1v) is 5.68. The van der Waals surface area contributed by atoms with Crippen molar-refractivity contribution in [3.8, 4) is 0 Å². The van der Waals surface area contributed by atoms with Crippen molar-refractivity contribution >= 4 is 33.9 Å². The van der Waals surface area contributed by atoms with Gasteiger partial charge in [-0.25, -0.2) is 0 Å². The van der Waals surface area contributed by atoms with Gasteiger partial charge in [-0.1, -0.05) is 6.07 Å². The molecular weight excluding hydrogens is 329 g/mol. The summed E-state index contributed by atoms with van der Waals surface area (Å²) in [4.78, 5) is 21.1. The number of halogens is 4. The Hall–Kier alpha value is -1.83. The molecule has 0 aliphatic rings. The lowest BCUT2D eigenvalue weighted by atomic mass is 10.2. The third-order valence-corrected chi connectivity index (χ3v) is 2.55. The molecular formula is C11H8BrF3N2O2. The van der Waals surface area contributed by atoms with Crippen LogP contribution in [0.1, 0.15) is 5.56 Å². The van der Waals surface area contributed by atoms with Crippen molar-refractivity contribution in [2.45, 2.75) is 6.18 Å². The van der Waals surface area contributed by atoms with Crippen LogP contribution in [-0.4, -0.2) is 12.3 Å². The van der Waals surface area contributed by atoms with E-state index in [9.17, 15) is 22.8 Å². The zero-order valence-corrected chi connectivity index (χ0v) is 10.9. The Morgan fingerprint density at radius 3 is 2.58 bits per heavy atom. The van der Waals surface area contributed by atoms with Crippen LogP contribution in [-0.2, 0) is 15.8 Å². The van der Waals surface area contributed by atoms with E-state index >= 15 is 0 Å². The fraction of sp³-hybridized carbons (Fsp3) is 0.0909. The molecule has 8 heteroatoms. The van der Waals surface area contributed by atoms with Gasteiger partial charge in [-0.05, 0) is 34.1 Å². The number of anilines is 1. The molecule has 0 bridgehead atoms. The summed E-state index contributed by atoms with van der Waals surface area (Å²) < 4.78 is 37.3. The van der Waals surface area contributed by atoms with Crippen LogP contribution in [0.3, 0.4) is 0 Å². The first kappa shape index (κ1) is 15.2. The summed E-state index contributed by atoms with van der Waals surface area (Å²) in [6, 6.07) is 4.47. The molecule has 0 saturated carbocycles. The maximum absolute atomic E-state index is 12.4. The van der Waals surface area contributed by atoms with Gasteiger partial charge in [-0.3, -0.25) is 14.9 Å². The summed E-state index contributed by atoms with van der Waals surface area (Å²) in [6.45, 7) is 0. The van der Waals surface area contributed by atoms with Crippen LogP contribution in [0.15, 0.2) is 34.9 Å². The Bertz CT molecular complexity index is 515. The average molecular weight is 337 g/mol. The quantitative estimate of drug-likeness (QED) is 0.656. The van der Waals surface area contributed by atoms with Gasteiger partial charge < -0.3 is 5.32 Å². The lowest BCUT2D eigenvalue weighted by molar-refractivity contribution is -0.137. The monoisotopic (exact) mass is 336 g/mol. The van der Waals surface area contributed by atoms with Crippen molar-refractivity contribution in [3.63, 3.8) is 0 Å². The van der Waals surface area contributed by atoms with Crippen LogP contribution in [0.5, 0.6) is 0 Å². The predicted octanol–water partition coefficient (Wildman–Crippen LogP) is 2.63. The summed E-state index contributed by atoms with van der Waals surface area (Å²) in [6.07, 6.45) is -3.11. The molecule has 19 heavy (non-hydrogen) atoms. The molecule has 0 fully saturated rings. The van der Waals surface area contributed by atoms with Gasteiger partial charge >= 0.3 is 6.18 Å². The maximum Gasteiger partial charge on any atom is 0.416 e. The van der Waals surface area contributed by atoms with Crippen LogP contribution in [0.4, 0.5) is 18.9 Å². The molecule has 0 spiro atoms. The molecule has 0 unspecified atom stereocenters. The Kier molecular flexibility index (Phi) is 5.11. The fourth-order valence-electron chi connectivity index (χ4n) is 1.12. The van der Waals surface area contributed by atoms with E-state index in [1.807, 2.05) is 5.32 Å². The highest BCUT2D eigenvalue weighted by Crippen LogP contribution is 2.30. The topological polar surface area (TPSA) is 58.2 Å². The Morgan fingerprint density at radius 2 is 2.00 bits per heavy atom. The minimum absolute atomic E-state index is 0.0305. The number of nitrogens with one attached hydrogen (secondary N) is 2. The zero-order chi connectivity index (χ0) is 14.5. The smallest absolute Gasteiger partial charge is 0.360 e. The highest BCUT2D eigenvalue weighted by atomic mass is 79.9. The molecule has 0 atom stereocenters. The lowest BCUT2D eigenvalue weighted by Gasteiger charge is -2.08. The number of rotatable bonds is 4. The lowest BCUT2D eigenvalue weighted by Crippen LogP contribution is -2.21. The third-order valence-electron chi connectivity index (χ3n) is 1.96. The summed E-state index contributed by atoms with van der Waals surface area (Å²) in [5, 5.41) is 4.37. The van der Waals surface area contributed by atoms with Gasteiger partial charge in [0.15, 0.2) is 0 Å². The molecule has 1 aromatic carbocycles. The van der Waals surface area contributed by atoms with Crippen LogP contribution in [0, 0.1) is 0 Å². The van der Waals surface area contributed by atoms with Gasteiger partial charge in [-0.2, -0.15) is 13.2 Å². The molecule has 0 heterocycles. The standard InChI is InChI=1S/C11H8BrF3N2O2/c12-9(10(19)17-6-18)5-16-8-3-1-2-7(4-8)11(13,14)15/h1-6,16H,(H,17,18,19)/b9-5+. The van der Waals surface area contributed by atoms with Crippen LogP contribution in [0.2, 0.25) is 0 Å². The number of carbonyl (C=O) groups is 2. The van der Waals surface area contributed by atoms with Gasteiger partial charge in [0.2, 0.25) is 6.41 Å². The van der Waals surface area contributed by atoms with Crippen molar-refractivity contribution in [1.29, 1.82) is 0 Å². The second-order valence-corrected chi connectivity index (χ2v) is 4.16. The molecule has 4 nitrogen and oxygen atoms in total. The highest BCUT2D eigenvalue weighted by Gasteiger charge is 2.30.